The summed E-state index contributed by atoms with van der Waals surface area (Å²) < 4.78 is 28.2. The molecule has 1 aromatic rings. The van der Waals surface area contributed by atoms with Gasteiger partial charge in [-0.1, -0.05) is 6.42 Å². The maximum Gasteiger partial charge on any atom is 0.144 e. The highest BCUT2D eigenvalue weighted by atomic mass is 79.9. The quantitative estimate of drug-likeness (QED) is 0.758. The lowest BCUT2D eigenvalue weighted by Gasteiger charge is -2.44. The standard InChI is InChI=1S/C15H19BrF2N2/c16-13-4-5-14(17)12(15(13)18)10-19-7-8-20-6-2-1-3-11(20)9-19/h4-5,11H,1-3,6-10H2. The van der Waals surface area contributed by atoms with Gasteiger partial charge in [0.15, 0.2) is 0 Å². The lowest BCUT2D eigenvalue weighted by atomic mass is 9.99. The summed E-state index contributed by atoms with van der Waals surface area (Å²) in [5, 5.41) is 0. The largest absolute Gasteiger partial charge is 0.298 e. The highest BCUT2D eigenvalue weighted by molar-refractivity contribution is 9.10. The Bertz CT molecular complexity index is 495. The van der Waals surface area contributed by atoms with E-state index in [0.717, 1.165) is 19.6 Å². The molecule has 2 saturated heterocycles. The summed E-state index contributed by atoms with van der Waals surface area (Å²) in [6, 6.07) is 3.32. The first-order valence-electron chi connectivity index (χ1n) is 7.24. The van der Waals surface area contributed by atoms with E-state index in [2.05, 4.69) is 25.7 Å². The van der Waals surface area contributed by atoms with Gasteiger partial charge in [-0.05, 0) is 47.4 Å². The summed E-state index contributed by atoms with van der Waals surface area (Å²) in [5.41, 5.74) is 0.184. The Kier molecular flexibility index (Phi) is 4.38. The smallest absolute Gasteiger partial charge is 0.144 e. The van der Waals surface area contributed by atoms with Crippen molar-refractivity contribution >= 4 is 15.9 Å². The van der Waals surface area contributed by atoms with E-state index in [9.17, 15) is 8.78 Å². The maximum absolute atomic E-state index is 14.0. The van der Waals surface area contributed by atoms with Gasteiger partial charge in [0.2, 0.25) is 0 Å². The molecule has 0 spiro atoms. The number of benzene rings is 1. The lowest BCUT2D eigenvalue weighted by Crippen LogP contribution is -2.54. The summed E-state index contributed by atoms with van der Waals surface area (Å²) >= 11 is 3.13. The third-order valence-corrected chi connectivity index (χ3v) is 5.05. The molecular weight excluding hydrogens is 326 g/mol. The van der Waals surface area contributed by atoms with Gasteiger partial charge in [-0.2, -0.15) is 0 Å². The molecule has 0 amide bonds. The number of rotatable bonds is 2. The zero-order valence-corrected chi connectivity index (χ0v) is 13.0. The van der Waals surface area contributed by atoms with Crippen LogP contribution < -0.4 is 0 Å². The zero-order valence-electron chi connectivity index (χ0n) is 11.4. The van der Waals surface area contributed by atoms with Gasteiger partial charge in [0.25, 0.3) is 0 Å². The van der Waals surface area contributed by atoms with Crippen LogP contribution in [0, 0.1) is 11.6 Å². The molecule has 0 saturated carbocycles. The molecule has 0 aromatic heterocycles. The third kappa shape index (κ3) is 2.90. The van der Waals surface area contributed by atoms with Crippen molar-refractivity contribution in [3.8, 4) is 0 Å². The number of halogens is 3. The van der Waals surface area contributed by atoms with Crippen LogP contribution in [-0.2, 0) is 6.54 Å². The van der Waals surface area contributed by atoms with E-state index >= 15 is 0 Å². The second kappa shape index (κ2) is 6.08. The lowest BCUT2D eigenvalue weighted by molar-refractivity contribution is 0.0446. The molecule has 5 heteroatoms. The molecule has 2 aliphatic rings. The molecule has 0 bridgehead atoms. The Morgan fingerprint density at radius 3 is 2.85 bits per heavy atom. The minimum absolute atomic E-state index is 0.184. The van der Waals surface area contributed by atoms with Crippen LogP contribution in [0.2, 0.25) is 0 Å². The van der Waals surface area contributed by atoms with Gasteiger partial charge in [-0.3, -0.25) is 9.80 Å². The van der Waals surface area contributed by atoms with Crippen LogP contribution in [0.15, 0.2) is 16.6 Å². The van der Waals surface area contributed by atoms with Crippen LogP contribution in [-0.4, -0.2) is 42.0 Å². The molecule has 2 heterocycles. The number of fused-ring (bicyclic) bond motifs is 1. The first-order chi connectivity index (χ1) is 9.65. The highest BCUT2D eigenvalue weighted by Crippen LogP contribution is 2.26. The van der Waals surface area contributed by atoms with Gasteiger partial charge in [0, 0.05) is 37.8 Å². The van der Waals surface area contributed by atoms with E-state index in [-0.39, 0.29) is 5.56 Å². The van der Waals surface area contributed by atoms with Crippen LogP contribution in [0.1, 0.15) is 24.8 Å². The van der Waals surface area contributed by atoms with Crippen molar-refractivity contribution in [2.75, 3.05) is 26.2 Å². The van der Waals surface area contributed by atoms with Crippen molar-refractivity contribution in [3.63, 3.8) is 0 Å². The fourth-order valence-corrected chi connectivity index (χ4v) is 3.67. The predicted molar refractivity (Wildman–Crippen MR) is 78.5 cm³/mol. The van der Waals surface area contributed by atoms with Gasteiger partial charge in [-0.25, -0.2) is 8.78 Å². The summed E-state index contributed by atoms with van der Waals surface area (Å²) in [5.74, 6) is -0.909. The third-order valence-electron chi connectivity index (χ3n) is 4.44. The Morgan fingerprint density at radius 2 is 2.00 bits per heavy atom. The molecule has 1 unspecified atom stereocenters. The molecular formula is C15H19BrF2N2. The van der Waals surface area contributed by atoms with Gasteiger partial charge in [0.05, 0.1) is 4.47 Å². The molecule has 2 nitrogen and oxygen atoms in total. The van der Waals surface area contributed by atoms with E-state index < -0.39 is 11.6 Å². The van der Waals surface area contributed by atoms with Crippen molar-refractivity contribution in [1.82, 2.24) is 9.80 Å². The van der Waals surface area contributed by atoms with E-state index in [4.69, 9.17) is 0 Å². The van der Waals surface area contributed by atoms with Crippen LogP contribution in [0.4, 0.5) is 8.78 Å². The zero-order chi connectivity index (χ0) is 14.1. The molecule has 3 rings (SSSR count). The van der Waals surface area contributed by atoms with Crippen molar-refractivity contribution in [2.24, 2.45) is 0 Å². The van der Waals surface area contributed by atoms with Gasteiger partial charge in [-0.15, -0.1) is 0 Å². The van der Waals surface area contributed by atoms with Crippen LogP contribution in [0.25, 0.3) is 0 Å². The first kappa shape index (κ1) is 14.4. The molecule has 0 N–H and O–H groups in total. The fraction of sp³-hybridized carbons (Fsp3) is 0.600. The molecule has 0 radical (unpaired) electrons. The Balaban J connectivity index is 1.71. The van der Waals surface area contributed by atoms with E-state index in [1.165, 1.54) is 37.9 Å². The first-order valence-corrected chi connectivity index (χ1v) is 8.03. The highest BCUT2D eigenvalue weighted by Gasteiger charge is 2.29. The summed E-state index contributed by atoms with van der Waals surface area (Å²) in [6.07, 6.45) is 3.76. The molecule has 110 valence electrons. The number of hydrogen-bond donors (Lipinski definition) is 0. The molecule has 0 aliphatic carbocycles. The summed E-state index contributed by atoms with van der Waals surface area (Å²) in [6.45, 7) is 4.37. The predicted octanol–water partition coefficient (Wildman–Crippen LogP) is 3.40. The van der Waals surface area contributed by atoms with Crippen molar-refractivity contribution in [3.05, 3.63) is 33.8 Å². The van der Waals surface area contributed by atoms with Crippen LogP contribution in [0.5, 0.6) is 0 Å². The number of hydrogen-bond acceptors (Lipinski definition) is 2. The maximum atomic E-state index is 14.0. The van der Waals surface area contributed by atoms with E-state index in [1.807, 2.05) is 0 Å². The SMILES string of the molecule is Fc1ccc(Br)c(F)c1CN1CCN2CCCCC2C1. The molecule has 1 atom stereocenters. The Morgan fingerprint density at radius 1 is 1.15 bits per heavy atom. The Hall–Kier alpha value is -0.520. The van der Waals surface area contributed by atoms with Crippen molar-refractivity contribution < 1.29 is 8.78 Å². The van der Waals surface area contributed by atoms with E-state index in [1.54, 1.807) is 0 Å². The normalized spacial score (nSPS) is 24.6. The van der Waals surface area contributed by atoms with Crippen molar-refractivity contribution in [2.45, 2.75) is 31.8 Å². The summed E-state index contributed by atoms with van der Waals surface area (Å²) in [7, 11) is 0. The topological polar surface area (TPSA) is 6.48 Å². The average molecular weight is 345 g/mol. The monoisotopic (exact) mass is 344 g/mol. The van der Waals surface area contributed by atoms with Crippen molar-refractivity contribution in [1.29, 1.82) is 0 Å². The second-order valence-corrected chi connectivity index (χ2v) is 6.60. The fourth-order valence-electron chi connectivity index (χ4n) is 3.30. The molecule has 20 heavy (non-hydrogen) atoms. The van der Waals surface area contributed by atoms with Gasteiger partial charge in [0.1, 0.15) is 11.6 Å². The number of piperidine rings is 1. The van der Waals surface area contributed by atoms with Crippen LogP contribution in [0.3, 0.4) is 0 Å². The second-order valence-electron chi connectivity index (χ2n) is 5.74. The van der Waals surface area contributed by atoms with Gasteiger partial charge >= 0.3 is 0 Å². The number of nitrogens with zero attached hydrogens (tertiary/aromatic N) is 2. The Labute approximate surface area is 126 Å². The van der Waals surface area contributed by atoms with E-state index in [0.29, 0.717) is 17.1 Å². The molecule has 2 fully saturated rings. The number of piperazine rings is 1. The molecule has 1 aromatic carbocycles. The molecule has 2 aliphatic heterocycles. The summed E-state index contributed by atoms with van der Waals surface area (Å²) in [4.78, 5) is 4.70. The van der Waals surface area contributed by atoms with Crippen LogP contribution >= 0.6 is 15.9 Å². The average Bonchev–Trinajstić information content (AvgIpc) is 2.47. The minimum Gasteiger partial charge on any atom is -0.298 e. The van der Waals surface area contributed by atoms with Gasteiger partial charge < -0.3 is 0 Å². The minimum atomic E-state index is -0.462.